The predicted molar refractivity (Wildman–Crippen MR) is 113 cm³/mol. The topological polar surface area (TPSA) is 52.7 Å². The third-order valence-electron chi connectivity index (χ3n) is 5.53. The van der Waals surface area contributed by atoms with E-state index in [0.29, 0.717) is 11.3 Å². The van der Waals surface area contributed by atoms with Gasteiger partial charge in [0.2, 0.25) is 5.91 Å². The highest BCUT2D eigenvalue weighted by Gasteiger charge is 2.25. The molecule has 5 nitrogen and oxygen atoms in total. The van der Waals surface area contributed by atoms with Crippen LogP contribution in [-0.4, -0.2) is 53.7 Å². The summed E-state index contributed by atoms with van der Waals surface area (Å²) in [6, 6.07) is 15.4. The first-order valence-electron chi connectivity index (χ1n) is 9.87. The lowest BCUT2D eigenvalue weighted by Crippen LogP contribution is -2.52. The molecule has 1 aliphatic heterocycles. The van der Waals surface area contributed by atoms with E-state index >= 15 is 0 Å². The highest BCUT2D eigenvalue weighted by molar-refractivity contribution is 5.98. The van der Waals surface area contributed by atoms with Crippen molar-refractivity contribution in [3.8, 4) is 0 Å². The van der Waals surface area contributed by atoms with Gasteiger partial charge in [-0.3, -0.25) is 19.4 Å². The third-order valence-corrected chi connectivity index (χ3v) is 5.53. The van der Waals surface area contributed by atoms with Crippen LogP contribution in [0.15, 0.2) is 48.5 Å². The van der Waals surface area contributed by atoms with Gasteiger partial charge in [-0.25, -0.2) is 0 Å². The Kier molecular flexibility index (Phi) is 6.60. The molecule has 0 saturated carbocycles. The lowest BCUT2D eigenvalue weighted by atomic mass is 10.1. The number of aryl methyl sites for hydroxylation is 1. The number of carbonyl (C=O) groups is 2. The number of hydrogen-bond donors (Lipinski definition) is 1. The molecule has 3 rings (SSSR count). The quantitative estimate of drug-likeness (QED) is 0.782. The smallest absolute Gasteiger partial charge is 0.241 e. The summed E-state index contributed by atoms with van der Waals surface area (Å²) in [4.78, 5) is 28.8. The van der Waals surface area contributed by atoms with E-state index in [9.17, 15) is 9.59 Å². The van der Waals surface area contributed by atoms with E-state index in [1.807, 2.05) is 13.0 Å². The van der Waals surface area contributed by atoms with E-state index in [2.05, 4.69) is 46.3 Å². The molecule has 28 heavy (non-hydrogen) atoms. The zero-order valence-electron chi connectivity index (χ0n) is 16.9. The molecule has 1 heterocycles. The molecule has 1 atom stereocenters. The second-order valence-electron chi connectivity index (χ2n) is 7.54. The van der Waals surface area contributed by atoms with Crippen molar-refractivity contribution in [3.05, 3.63) is 65.2 Å². The van der Waals surface area contributed by atoms with Crippen molar-refractivity contribution < 1.29 is 9.59 Å². The molecule has 2 aromatic carbocycles. The first kappa shape index (κ1) is 20.2. The number of nitrogens with zero attached hydrogens (tertiary/aromatic N) is 2. The van der Waals surface area contributed by atoms with Crippen LogP contribution in [0.3, 0.4) is 0 Å². The molecule has 0 aliphatic carbocycles. The van der Waals surface area contributed by atoms with Crippen LogP contribution in [0.4, 0.5) is 5.69 Å². The maximum Gasteiger partial charge on any atom is 0.241 e. The number of carbonyl (C=O) groups excluding carboxylic acids is 2. The molecular weight excluding hydrogens is 350 g/mol. The summed E-state index contributed by atoms with van der Waals surface area (Å²) >= 11 is 0. The van der Waals surface area contributed by atoms with Crippen molar-refractivity contribution >= 4 is 17.4 Å². The van der Waals surface area contributed by atoms with Gasteiger partial charge in [0.05, 0.1) is 6.04 Å². The summed E-state index contributed by atoms with van der Waals surface area (Å²) in [5, 5.41) is 2.95. The fourth-order valence-corrected chi connectivity index (χ4v) is 3.57. The van der Waals surface area contributed by atoms with Crippen LogP contribution in [0, 0.1) is 6.92 Å². The van der Waals surface area contributed by atoms with Crippen LogP contribution in [-0.2, 0) is 11.3 Å². The highest BCUT2D eigenvalue weighted by atomic mass is 16.2. The Bertz CT molecular complexity index is 841. The van der Waals surface area contributed by atoms with Crippen LogP contribution in [0.25, 0.3) is 0 Å². The number of hydrogen-bond acceptors (Lipinski definition) is 4. The zero-order valence-corrected chi connectivity index (χ0v) is 16.9. The van der Waals surface area contributed by atoms with Crippen molar-refractivity contribution in [1.82, 2.24) is 9.80 Å². The molecule has 1 amide bonds. The number of ketones is 1. The first-order valence-corrected chi connectivity index (χ1v) is 9.87. The van der Waals surface area contributed by atoms with Gasteiger partial charge < -0.3 is 5.32 Å². The summed E-state index contributed by atoms with van der Waals surface area (Å²) in [7, 11) is 0. The Morgan fingerprint density at radius 1 is 1.04 bits per heavy atom. The minimum atomic E-state index is -0.207. The van der Waals surface area contributed by atoms with Crippen molar-refractivity contribution in [2.75, 3.05) is 31.5 Å². The summed E-state index contributed by atoms with van der Waals surface area (Å²) < 4.78 is 0. The van der Waals surface area contributed by atoms with Gasteiger partial charge >= 0.3 is 0 Å². The molecule has 1 N–H and O–H groups in total. The average molecular weight is 380 g/mol. The van der Waals surface area contributed by atoms with E-state index in [0.717, 1.165) is 32.7 Å². The molecule has 0 radical (unpaired) electrons. The monoisotopic (exact) mass is 379 g/mol. The second kappa shape index (κ2) is 9.13. The highest BCUT2D eigenvalue weighted by Crippen LogP contribution is 2.16. The molecule has 1 saturated heterocycles. The fraction of sp³-hybridized carbons (Fsp3) is 0.391. The van der Waals surface area contributed by atoms with Gasteiger partial charge in [-0.2, -0.15) is 0 Å². The van der Waals surface area contributed by atoms with Gasteiger partial charge in [-0.05, 0) is 44.0 Å². The summed E-state index contributed by atoms with van der Waals surface area (Å²) in [6.45, 7) is 10.2. The minimum Gasteiger partial charge on any atom is -0.325 e. The number of rotatable bonds is 6. The van der Waals surface area contributed by atoms with Gasteiger partial charge in [0.1, 0.15) is 0 Å². The van der Waals surface area contributed by atoms with E-state index in [1.54, 1.807) is 18.2 Å². The molecule has 5 heteroatoms. The van der Waals surface area contributed by atoms with Crippen LogP contribution in [0.5, 0.6) is 0 Å². The second-order valence-corrected chi connectivity index (χ2v) is 7.54. The number of nitrogens with one attached hydrogen (secondary N) is 1. The maximum absolute atomic E-state index is 12.7. The number of Topliss-reactive ketones (excluding diaryl/α,β-unsaturated/α-hetero) is 1. The van der Waals surface area contributed by atoms with Crippen LogP contribution in [0.1, 0.15) is 35.3 Å². The average Bonchev–Trinajstić information content (AvgIpc) is 2.70. The van der Waals surface area contributed by atoms with E-state index in [4.69, 9.17) is 0 Å². The summed E-state index contributed by atoms with van der Waals surface area (Å²) in [5.41, 5.74) is 3.97. The van der Waals surface area contributed by atoms with Gasteiger partial charge in [0.25, 0.3) is 0 Å². The van der Waals surface area contributed by atoms with Crippen LogP contribution in [0.2, 0.25) is 0 Å². The standard InChI is InChI=1S/C23H29N3O2/c1-17-7-4-5-8-21(17)16-25-11-13-26(14-12-25)18(2)23(28)24-22-10-6-9-20(15-22)19(3)27/h4-10,15,18H,11-14,16H2,1-3H3,(H,24,28)/t18-/m1/s1. The zero-order chi connectivity index (χ0) is 20.1. The Labute approximate surface area is 167 Å². The number of piperazine rings is 1. The minimum absolute atomic E-state index is 0.00563. The van der Waals surface area contributed by atoms with Crippen molar-refractivity contribution in [2.24, 2.45) is 0 Å². The van der Waals surface area contributed by atoms with Gasteiger partial charge in [0, 0.05) is 44.0 Å². The van der Waals surface area contributed by atoms with E-state index in [-0.39, 0.29) is 17.7 Å². The lowest BCUT2D eigenvalue weighted by molar-refractivity contribution is -0.121. The maximum atomic E-state index is 12.7. The number of anilines is 1. The molecular formula is C23H29N3O2. The van der Waals surface area contributed by atoms with Gasteiger partial charge in [0.15, 0.2) is 5.78 Å². The fourth-order valence-electron chi connectivity index (χ4n) is 3.57. The van der Waals surface area contributed by atoms with Crippen molar-refractivity contribution in [3.63, 3.8) is 0 Å². The third kappa shape index (κ3) is 5.06. The Hall–Kier alpha value is -2.50. The van der Waals surface area contributed by atoms with E-state index < -0.39 is 0 Å². The summed E-state index contributed by atoms with van der Waals surface area (Å²) in [5.74, 6) is -0.0398. The first-order chi connectivity index (χ1) is 13.4. The SMILES string of the molecule is CC(=O)c1cccc(NC(=O)[C@@H](C)N2CCN(Cc3ccccc3C)CC2)c1. The van der Waals surface area contributed by atoms with Gasteiger partial charge in [-0.1, -0.05) is 36.4 Å². The molecule has 1 fully saturated rings. The molecule has 0 aromatic heterocycles. The van der Waals surface area contributed by atoms with E-state index in [1.165, 1.54) is 18.1 Å². The van der Waals surface area contributed by atoms with Crippen LogP contribution >= 0.6 is 0 Å². The molecule has 1 aliphatic rings. The largest absolute Gasteiger partial charge is 0.325 e. The molecule has 0 unspecified atom stereocenters. The van der Waals surface area contributed by atoms with Crippen molar-refractivity contribution in [1.29, 1.82) is 0 Å². The predicted octanol–water partition coefficient (Wildman–Crippen LogP) is 3.34. The summed E-state index contributed by atoms with van der Waals surface area (Å²) in [6.07, 6.45) is 0. The Balaban J connectivity index is 1.52. The van der Waals surface area contributed by atoms with Gasteiger partial charge in [-0.15, -0.1) is 0 Å². The molecule has 0 bridgehead atoms. The molecule has 148 valence electrons. The lowest BCUT2D eigenvalue weighted by Gasteiger charge is -2.37. The molecule has 2 aromatic rings. The van der Waals surface area contributed by atoms with Crippen LogP contribution < -0.4 is 5.32 Å². The Morgan fingerprint density at radius 3 is 2.43 bits per heavy atom. The number of benzene rings is 2. The van der Waals surface area contributed by atoms with Crippen molar-refractivity contribution in [2.45, 2.75) is 33.4 Å². The number of amides is 1. The Morgan fingerprint density at radius 2 is 1.75 bits per heavy atom. The molecule has 0 spiro atoms. The normalized spacial score (nSPS) is 16.5.